The summed E-state index contributed by atoms with van der Waals surface area (Å²) in [4.78, 5) is 52.3. The van der Waals surface area contributed by atoms with Crippen LogP contribution in [-0.4, -0.2) is 336 Å². The van der Waals surface area contributed by atoms with Gasteiger partial charge in [0.1, 0.15) is 145 Å². The highest BCUT2D eigenvalue weighted by Gasteiger charge is 2.40. The van der Waals surface area contributed by atoms with Crippen molar-refractivity contribution in [1.82, 2.24) is 81.2 Å². The smallest absolute Gasteiger partial charge is 0.251 e. The average molecular weight is 1860 g/mol. The number of benzene rings is 4. The summed E-state index contributed by atoms with van der Waals surface area (Å²) in [5.74, 6) is -2.65. The Morgan fingerprint density at radius 1 is 0.295 bits per heavy atom. The SMILES string of the molecule is CC(C)(C)c1cc2c(OCCn3cc(CNC(=O)C(O)C(O)C(O)C(O)CO)nn3)c(c1)Cc1cc(C(C)(C)C)cc(c1OCCn1cc(CNC(=O)C(O)C(O)C(O)C(O)CO)nn1)Cc1cc(C(C)(C)C)cc(c1OCCn1cc(CNC(=O)C(O)C(O)C(O)C(O)CO)nn1)Cc1cc(C(C)(C)C)cc(c1OCCn1cc(CNC(=O)C(O)C(O)C(O)C(O)CO)nn1)C2. The maximum Gasteiger partial charge on any atom is 0.251 e. The van der Waals surface area contributed by atoms with Gasteiger partial charge in [0.05, 0.1) is 104 Å². The third kappa shape index (κ3) is 27.9. The number of rotatable bonds is 44. The van der Waals surface area contributed by atoms with E-state index in [0.29, 0.717) is 67.5 Å². The summed E-state index contributed by atoms with van der Waals surface area (Å²) >= 11 is 0. The molecule has 4 amide bonds. The molecule has 44 nitrogen and oxygen atoms in total. The third-order valence-corrected chi connectivity index (χ3v) is 22.4. The van der Waals surface area contributed by atoms with Crippen LogP contribution in [0, 0.1) is 0 Å². The minimum Gasteiger partial charge on any atom is -0.491 e. The second kappa shape index (κ2) is 46.1. The number of hydrogen-bond donors (Lipinski definition) is 24. The molecule has 1 aliphatic carbocycles. The van der Waals surface area contributed by atoms with Gasteiger partial charge in [0, 0.05) is 25.7 Å². The summed E-state index contributed by atoms with van der Waals surface area (Å²) < 4.78 is 34.9. The predicted molar refractivity (Wildman–Crippen MR) is 466 cm³/mol. The van der Waals surface area contributed by atoms with Crippen molar-refractivity contribution in [3.05, 3.63) is 163 Å². The van der Waals surface area contributed by atoms with Gasteiger partial charge in [0.15, 0.2) is 24.4 Å². The highest BCUT2D eigenvalue weighted by Crippen LogP contribution is 2.45. The molecular formula is C88H128N16O28. The number of carbonyl (C=O) groups excluding carboxylic acids is 4. The normalized spacial score (nSPS) is 16.5. The van der Waals surface area contributed by atoms with E-state index >= 15 is 0 Å². The summed E-state index contributed by atoms with van der Waals surface area (Å²) in [5.41, 5.74) is 7.87. The van der Waals surface area contributed by atoms with E-state index in [1.165, 1.54) is 43.5 Å². The number of amides is 4. The molecule has 0 spiro atoms. The number of nitrogens with one attached hydrogen (secondary N) is 4. The van der Waals surface area contributed by atoms with Crippen molar-refractivity contribution in [2.45, 2.75) is 280 Å². The Hall–Kier alpha value is -10.3. The lowest BCUT2D eigenvalue weighted by Gasteiger charge is -2.29. The van der Waals surface area contributed by atoms with Gasteiger partial charge in [-0.3, -0.25) is 19.2 Å². The number of fused-ring (bicyclic) bond motifs is 8. The Balaban J connectivity index is 1.20. The fourth-order valence-corrected chi connectivity index (χ4v) is 14.3. The Bertz CT molecular complexity index is 4420. The van der Waals surface area contributed by atoms with Gasteiger partial charge in [-0.1, -0.05) is 152 Å². The molecule has 0 radical (unpaired) electrons. The Morgan fingerprint density at radius 3 is 0.614 bits per heavy atom. The van der Waals surface area contributed by atoms with Crippen LogP contribution in [0.25, 0.3) is 0 Å². The van der Waals surface area contributed by atoms with Crippen LogP contribution in [-0.2, 0) is 119 Å². The van der Waals surface area contributed by atoms with Crippen LogP contribution >= 0.6 is 0 Å². The summed E-state index contributed by atoms with van der Waals surface area (Å²) in [6, 6.07) is 16.8. The maximum atomic E-state index is 13.1. The topological polar surface area (TPSA) is 681 Å². The predicted octanol–water partition coefficient (Wildman–Crippen LogP) is -5.56. The minimum absolute atomic E-state index is 0.0539. The zero-order valence-corrected chi connectivity index (χ0v) is 75.9. The van der Waals surface area contributed by atoms with E-state index in [9.17, 15) is 121 Å². The van der Waals surface area contributed by atoms with Crippen LogP contribution in [0.3, 0.4) is 0 Å². The maximum absolute atomic E-state index is 13.1. The van der Waals surface area contributed by atoms with Crippen LogP contribution in [0.15, 0.2) is 73.3 Å². The van der Waals surface area contributed by atoms with E-state index < -0.39 is 169 Å². The van der Waals surface area contributed by atoms with Crippen LogP contribution in [0.4, 0.5) is 0 Å². The quantitative estimate of drug-likeness (QED) is 0.0169. The lowest BCUT2D eigenvalue weighted by molar-refractivity contribution is -0.149. The van der Waals surface area contributed by atoms with E-state index in [4.69, 9.17) is 18.9 Å². The monoisotopic (exact) mass is 1860 g/mol. The van der Waals surface area contributed by atoms with Crippen molar-refractivity contribution >= 4 is 23.6 Å². The van der Waals surface area contributed by atoms with Crippen molar-refractivity contribution < 1.29 is 140 Å². The van der Waals surface area contributed by atoms with E-state index in [-0.39, 0.29) is 127 Å². The highest BCUT2D eigenvalue weighted by molar-refractivity contribution is 5.82. The van der Waals surface area contributed by atoms with Crippen molar-refractivity contribution in [1.29, 1.82) is 0 Å². The summed E-state index contributed by atoms with van der Waals surface area (Å²) in [6.45, 7) is 19.9. The van der Waals surface area contributed by atoms with E-state index in [0.717, 1.165) is 22.3 Å². The van der Waals surface area contributed by atoms with Gasteiger partial charge in [-0.25, -0.2) is 18.7 Å². The molecular weight excluding hydrogens is 1730 g/mol. The first-order valence-corrected chi connectivity index (χ1v) is 43.2. The minimum atomic E-state index is -2.22. The number of aliphatic hydroxyl groups excluding tert-OH is 20. The molecule has 4 heterocycles. The van der Waals surface area contributed by atoms with Gasteiger partial charge in [0.25, 0.3) is 23.6 Å². The van der Waals surface area contributed by atoms with Gasteiger partial charge in [-0.15, -0.1) is 20.4 Å². The fourth-order valence-electron chi connectivity index (χ4n) is 14.3. The largest absolute Gasteiger partial charge is 0.491 e. The molecule has 0 saturated heterocycles. The van der Waals surface area contributed by atoms with E-state index in [2.05, 4.69) is 194 Å². The van der Waals surface area contributed by atoms with Crippen molar-refractivity contribution in [3.63, 3.8) is 0 Å². The first-order valence-electron chi connectivity index (χ1n) is 43.2. The molecule has 132 heavy (non-hydrogen) atoms. The van der Waals surface area contributed by atoms with Crippen LogP contribution in [0.2, 0.25) is 0 Å². The number of hydrogen-bond acceptors (Lipinski definition) is 36. The molecule has 8 bridgehead atoms. The summed E-state index contributed by atoms with van der Waals surface area (Å²) in [7, 11) is 0. The number of ether oxygens (including phenoxy) is 4. The fraction of sp³-hybridized carbons (Fsp3) is 0.591. The molecule has 0 aliphatic heterocycles. The first kappa shape index (κ1) is 105. The van der Waals surface area contributed by atoms with E-state index in [1.807, 2.05) is 0 Å². The molecule has 4 aromatic heterocycles. The zero-order valence-electron chi connectivity index (χ0n) is 75.9. The lowest BCUT2D eigenvalue weighted by atomic mass is 9.79. The van der Waals surface area contributed by atoms with Crippen molar-refractivity contribution in [3.8, 4) is 23.0 Å². The number of nitrogens with zero attached hydrogens (tertiary/aromatic N) is 12. The Morgan fingerprint density at radius 2 is 0.462 bits per heavy atom. The van der Waals surface area contributed by atoms with Gasteiger partial charge in [0.2, 0.25) is 0 Å². The molecule has 9 rings (SSSR count). The molecule has 24 N–H and O–H groups in total. The second-order valence-electron chi connectivity index (χ2n) is 37.1. The summed E-state index contributed by atoms with van der Waals surface area (Å²) in [6.07, 6.45) is -26.6. The molecule has 4 aromatic carbocycles. The van der Waals surface area contributed by atoms with Crippen molar-refractivity contribution in [2.24, 2.45) is 0 Å². The van der Waals surface area contributed by atoms with Crippen LogP contribution in [0.1, 0.15) is 173 Å². The Labute approximate surface area is 761 Å². The molecule has 16 unspecified atom stereocenters. The average Bonchev–Trinajstić information content (AvgIpc) is 0.782. The molecule has 0 saturated carbocycles. The van der Waals surface area contributed by atoms with E-state index in [1.54, 1.807) is 0 Å². The molecule has 44 heteroatoms. The third-order valence-electron chi connectivity index (χ3n) is 22.4. The van der Waals surface area contributed by atoms with Gasteiger partial charge >= 0.3 is 0 Å². The molecule has 728 valence electrons. The van der Waals surface area contributed by atoms with Gasteiger partial charge in [-0.2, -0.15) is 0 Å². The molecule has 8 aromatic rings. The second-order valence-corrected chi connectivity index (χ2v) is 37.1. The molecule has 16 atom stereocenters. The van der Waals surface area contributed by atoms with Gasteiger partial charge < -0.3 is 142 Å². The van der Waals surface area contributed by atoms with Crippen molar-refractivity contribution in [2.75, 3.05) is 52.9 Å². The van der Waals surface area contributed by atoms with Gasteiger partial charge in [-0.05, 0) is 88.4 Å². The molecule has 1 aliphatic rings. The molecule has 0 fully saturated rings. The lowest BCUT2D eigenvalue weighted by Crippen LogP contribution is -2.51. The van der Waals surface area contributed by atoms with Crippen LogP contribution < -0.4 is 40.2 Å². The zero-order chi connectivity index (χ0) is 97.3. The number of aliphatic hydroxyl groups is 20. The number of aromatic nitrogens is 12. The summed E-state index contributed by atoms with van der Waals surface area (Å²) in [5, 5.41) is 246. The first-order chi connectivity index (χ1) is 62.0. The van der Waals surface area contributed by atoms with Crippen LogP contribution in [0.5, 0.6) is 23.0 Å². The number of carbonyl (C=O) groups is 4. The standard InChI is InChI=1S/C88H128N16O28/c1-85(2,3)53-25-45-21-47-27-54(86(4,5)6)29-49(78(47)130-18-14-102-38-58(94-98-102)34-90-82(126)74(122)70(118)66(114)62(110)42-106)23-51-31-56(88(10,11)12)32-52(80(51)132-20-16-104-40-60(96-100-104)36-92-84(128)76(124)72(120)68(116)64(112)44-108)24-50-30-55(87(7,8)9)28-48(79(50)131-19-15-103-39-59(95-99-103)35-91-83(127)75(123)71(119)67(115)63(111)43-107)22-46(26-53)77(45)129-17-13-101-37-57(93-97-101)33-89-81(125)73(121)69(117)65(113)61(109)41-105/h25-32,37-40,61-76,105-124H,13-24,33-36,41-44H2,1-12H3,(H,89,125)(H,90,126)(H,91,127)(H,92,128). The highest BCUT2D eigenvalue weighted by atomic mass is 16.5. The Kier molecular flexibility index (Phi) is 36.8.